The minimum atomic E-state index is 0.277. The molecular formula is C14H27NO2. The summed E-state index contributed by atoms with van der Waals surface area (Å²) in [6, 6.07) is 0.323. The minimum absolute atomic E-state index is 0.277. The molecular weight excluding hydrogens is 214 g/mol. The lowest BCUT2D eigenvalue weighted by Gasteiger charge is -2.53. The Bertz CT molecular complexity index is 216. The average molecular weight is 241 g/mol. The van der Waals surface area contributed by atoms with Gasteiger partial charge in [-0.05, 0) is 24.7 Å². The summed E-state index contributed by atoms with van der Waals surface area (Å²) in [4.78, 5) is 2.46. The number of hydrogen-bond acceptors (Lipinski definition) is 3. The van der Waals surface area contributed by atoms with Crippen molar-refractivity contribution in [1.82, 2.24) is 4.90 Å². The molecule has 1 unspecified atom stereocenters. The summed E-state index contributed by atoms with van der Waals surface area (Å²) in [7, 11) is 1.73. The van der Waals surface area contributed by atoms with Gasteiger partial charge in [-0.25, -0.2) is 0 Å². The van der Waals surface area contributed by atoms with Crippen LogP contribution in [0.4, 0.5) is 0 Å². The van der Waals surface area contributed by atoms with Gasteiger partial charge in [-0.3, -0.25) is 4.90 Å². The van der Waals surface area contributed by atoms with Crippen molar-refractivity contribution in [2.45, 2.75) is 51.0 Å². The Hall–Kier alpha value is -0.120. The van der Waals surface area contributed by atoms with Gasteiger partial charge in [0.15, 0.2) is 0 Å². The van der Waals surface area contributed by atoms with Crippen molar-refractivity contribution in [2.75, 3.05) is 33.4 Å². The fourth-order valence-corrected chi connectivity index (χ4v) is 3.51. The van der Waals surface area contributed by atoms with Gasteiger partial charge >= 0.3 is 0 Å². The molecule has 3 nitrogen and oxygen atoms in total. The second-order valence-corrected chi connectivity index (χ2v) is 5.94. The van der Waals surface area contributed by atoms with Crippen LogP contribution in [0.15, 0.2) is 0 Å². The van der Waals surface area contributed by atoms with Crippen molar-refractivity contribution in [3.63, 3.8) is 0 Å². The molecule has 0 aromatic carbocycles. The molecule has 1 saturated heterocycles. The molecule has 1 aliphatic carbocycles. The Kier molecular flexibility index (Phi) is 4.83. The molecule has 0 aromatic heterocycles. The normalized spacial score (nSPS) is 26.5. The second-order valence-electron chi connectivity index (χ2n) is 5.94. The Labute approximate surface area is 105 Å². The van der Waals surface area contributed by atoms with Crippen molar-refractivity contribution < 1.29 is 9.84 Å². The van der Waals surface area contributed by atoms with E-state index in [1.54, 1.807) is 7.11 Å². The standard InChI is InChI=1S/C14H27NO2/c1-17-9-6-13(10-16)15-11-14(12-15)7-4-2-3-5-8-14/h13,16H,2-12H2,1H3. The molecule has 1 spiro atoms. The molecule has 1 heterocycles. The van der Waals surface area contributed by atoms with Crippen LogP contribution in [0, 0.1) is 5.41 Å². The van der Waals surface area contributed by atoms with Gasteiger partial charge in [0.2, 0.25) is 0 Å². The lowest BCUT2D eigenvalue weighted by atomic mass is 9.72. The fraction of sp³-hybridized carbons (Fsp3) is 1.00. The zero-order chi connectivity index (χ0) is 12.1. The number of rotatable bonds is 5. The SMILES string of the molecule is COCCC(CO)N1CC2(CCCCCC2)C1. The van der Waals surface area contributed by atoms with Crippen LogP contribution >= 0.6 is 0 Å². The number of ether oxygens (including phenoxy) is 1. The highest BCUT2D eigenvalue weighted by Crippen LogP contribution is 2.43. The van der Waals surface area contributed by atoms with Gasteiger partial charge in [0.1, 0.15) is 0 Å². The van der Waals surface area contributed by atoms with Gasteiger partial charge in [0.05, 0.1) is 6.61 Å². The Morgan fingerprint density at radius 1 is 1.18 bits per heavy atom. The number of likely N-dealkylation sites (tertiary alicyclic amines) is 1. The van der Waals surface area contributed by atoms with Gasteiger partial charge in [-0.1, -0.05) is 25.7 Å². The van der Waals surface area contributed by atoms with Gasteiger partial charge in [-0.2, -0.15) is 0 Å². The van der Waals surface area contributed by atoms with E-state index in [1.807, 2.05) is 0 Å². The first-order valence-corrected chi connectivity index (χ1v) is 7.13. The maximum atomic E-state index is 9.43. The molecule has 1 atom stereocenters. The minimum Gasteiger partial charge on any atom is -0.395 e. The fourth-order valence-electron chi connectivity index (χ4n) is 3.51. The van der Waals surface area contributed by atoms with E-state index in [2.05, 4.69) is 4.90 Å². The quantitative estimate of drug-likeness (QED) is 0.799. The van der Waals surface area contributed by atoms with Crippen molar-refractivity contribution in [3.8, 4) is 0 Å². The van der Waals surface area contributed by atoms with Crippen LogP contribution in [-0.2, 0) is 4.74 Å². The van der Waals surface area contributed by atoms with Crippen LogP contribution in [0.2, 0.25) is 0 Å². The van der Waals surface area contributed by atoms with E-state index in [0.717, 1.165) is 13.0 Å². The third-order valence-electron chi connectivity index (χ3n) is 4.62. The summed E-state index contributed by atoms with van der Waals surface area (Å²) in [6.45, 7) is 3.46. The lowest BCUT2D eigenvalue weighted by molar-refractivity contribution is -0.0613. The third kappa shape index (κ3) is 3.21. The average Bonchev–Trinajstić information content (AvgIpc) is 2.55. The maximum Gasteiger partial charge on any atom is 0.0587 e. The smallest absolute Gasteiger partial charge is 0.0587 e. The monoisotopic (exact) mass is 241 g/mol. The Morgan fingerprint density at radius 3 is 2.35 bits per heavy atom. The van der Waals surface area contributed by atoms with E-state index in [4.69, 9.17) is 4.74 Å². The Balaban J connectivity index is 1.78. The van der Waals surface area contributed by atoms with Crippen molar-refractivity contribution in [3.05, 3.63) is 0 Å². The number of aliphatic hydroxyl groups is 1. The molecule has 2 fully saturated rings. The number of nitrogens with zero attached hydrogens (tertiary/aromatic N) is 1. The summed E-state index contributed by atoms with van der Waals surface area (Å²) in [5.74, 6) is 0. The highest BCUT2D eigenvalue weighted by atomic mass is 16.5. The zero-order valence-corrected chi connectivity index (χ0v) is 11.2. The predicted octanol–water partition coefficient (Wildman–Crippen LogP) is 2.04. The van der Waals surface area contributed by atoms with Crippen LogP contribution in [0.3, 0.4) is 0 Å². The molecule has 0 radical (unpaired) electrons. The molecule has 0 bridgehead atoms. The van der Waals surface area contributed by atoms with Gasteiger partial charge in [0, 0.05) is 32.8 Å². The molecule has 3 heteroatoms. The first-order chi connectivity index (χ1) is 8.29. The van der Waals surface area contributed by atoms with Crippen LogP contribution < -0.4 is 0 Å². The van der Waals surface area contributed by atoms with Crippen LogP contribution in [-0.4, -0.2) is 49.5 Å². The van der Waals surface area contributed by atoms with Crippen LogP contribution in [0.25, 0.3) is 0 Å². The molecule has 2 rings (SSSR count). The molecule has 2 aliphatic rings. The maximum absolute atomic E-state index is 9.43. The zero-order valence-electron chi connectivity index (χ0n) is 11.2. The van der Waals surface area contributed by atoms with Crippen molar-refractivity contribution in [2.24, 2.45) is 5.41 Å². The van der Waals surface area contributed by atoms with Gasteiger partial charge < -0.3 is 9.84 Å². The summed E-state index contributed by atoms with van der Waals surface area (Å²) >= 11 is 0. The molecule has 1 saturated carbocycles. The topological polar surface area (TPSA) is 32.7 Å². The summed E-state index contributed by atoms with van der Waals surface area (Å²) < 4.78 is 5.11. The van der Waals surface area contributed by atoms with Crippen LogP contribution in [0.1, 0.15) is 44.9 Å². The number of methoxy groups -OCH3 is 1. The highest BCUT2D eigenvalue weighted by Gasteiger charge is 2.44. The van der Waals surface area contributed by atoms with E-state index in [9.17, 15) is 5.11 Å². The van der Waals surface area contributed by atoms with E-state index in [0.29, 0.717) is 11.5 Å². The first-order valence-electron chi connectivity index (χ1n) is 7.13. The van der Waals surface area contributed by atoms with E-state index < -0.39 is 0 Å². The molecule has 100 valence electrons. The van der Waals surface area contributed by atoms with E-state index in [1.165, 1.54) is 51.6 Å². The van der Waals surface area contributed by atoms with Crippen molar-refractivity contribution in [1.29, 1.82) is 0 Å². The number of hydrogen-bond donors (Lipinski definition) is 1. The summed E-state index contributed by atoms with van der Waals surface area (Å²) in [6.07, 6.45) is 9.45. The number of aliphatic hydroxyl groups excluding tert-OH is 1. The van der Waals surface area contributed by atoms with Gasteiger partial charge in [0.25, 0.3) is 0 Å². The summed E-state index contributed by atoms with van der Waals surface area (Å²) in [5, 5.41) is 9.43. The van der Waals surface area contributed by atoms with Crippen molar-refractivity contribution >= 4 is 0 Å². The molecule has 1 aliphatic heterocycles. The Morgan fingerprint density at radius 2 is 1.82 bits per heavy atom. The van der Waals surface area contributed by atoms with E-state index >= 15 is 0 Å². The highest BCUT2D eigenvalue weighted by molar-refractivity contribution is 4.98. The third-order valence-corrected chi connectivity index (χ3v) is 4.62. The summed E-state index contributed by atoms with van der Waals surface area (Å²) in [5.41, 5.74) is 0.608. The molecule has 0 amide bonds. The molecule has 0 aromatic rings. The van der Waals surface area contributed by atoms with Gasteiger partial charge in [-0.15, -0.1) is 0 Å². The predicted molar refractivity (Wildman–Crippen MR) is 69.1 cm³/mol. The largest absolute Gasteiger partial charge is 0.395 e. The second kappa shape index (κ2) is 6.17. The first kappa shape index (κ1) is 13.3. The van der Waals surface area contributed by atoms with Crippen LogP contribution in [0.5, 0.6) is 0 Å². The lowest BCUT2D eigenvalue weighted by Crippen LogP contribution is -2.60. The van der Waals surface area contributed by atoms with E-state index in [-0.39, 0.29) is 6.61 Å². The molecule has 17 heavy (non-hydrogen) atoms. The molecule has 1 N–H and O–H groups in total.